The van der Waals surface area contributed by atoms with Crippen LogP contribution >= 0.6 is 23.2 Å². The Morgan fingerprint density at radius 1 is 1.11 bits per heavy atom. The van der Waals surface area contributed by atoms with E-state index < -0.39 is 11.0 Å². The van der Waals surface area contributed by atoms with E-state index in [1.54, 1.807) is 24.3 Å². The predicted molar refractivity (Wildman–Crippen MR) is 139 cm³/mol. The number of aromatic hydroxyl groups is 1. The van der Waals surface area contributed by atoms with Crippen LogP contribution in [0.5, 0.6) is 5.75 Å². The molecule has 35 heavy (non-hydrogen) atoms. The van der Waals surface area contributed by atoms with Gasteiger partial charge in [0.25, 0.3) is 0 Å². The minimum absolute atomic E-state index is 0.00267. The lowest BCUT2D eigenvalue weighted by Gasteiger charge is -2.59. The maximum atomic E-state index is 13.3. The van der Waals surface area contributed by atoms with Gasteiger partial charge in [0.15, 0.2) is 0 Å². The fourth-order valence-corrected chi connectivity index (χ4v) is 6.66. The van der Waals surface area contributed by atoms with Gasteiger partial charge in [-0.15, -0.1) is 0 Å². The Hall–Kier alpha value is -1.79. The maximum Gasteiger partial charge on any atom is 0.226 e. The summed E-state index contributed by atoms with van der Waals surface area (Å²) >= 11 is 12.2. The number of phenolic OH excluding ortho intramolecular Hbond substituents is 1. The number of carbonyl (C=O) groups excluding carboxylic acids is 1. The summed E-state index contributed by atoms with van der Waals surface area (Å²) in [5.41, 5.74) is 0.408. The number of likely N-dealkylation sites (tertiary alicyclic amines) is 1. The summed E-state index contributed by atoms with van der Waals surface area (Å²) in [5, 5.41) is 23.4. The first-order valence-corrected chi connectivity index (χ1v) is 13.4. The minimum atomic E-state index is -0.891. The summed E-state index contributed by atoms with van der Waals surface area (Å²) in [6.45, 7) is 2.62. The van der Waals surface area contributed by atoms with Gasteiger partial charge in [0, 0.05) is 31.6 Å². The number of aliphatic hydroxyl groups is 1. The summed E-state index contributed by atoms with van der Waals surface area (Å²) in [5.74, 6) is 1.01. The Balaban J connectivity index is 1.39. The van der Waals surface area contributed by atoms with Gasteiger partial charge in [-0.3, -0.25) is 4.79 Å². The van der Waals surface area contributed by atoms with Crippen molar-refractivity contribution in [1.82, 2.24) is 9.80 Å². The third kappa shape index (κ3) is 4.93. The summed E-state index contributed by atoms with van der Waals surface area (Å²) in [6, 6.07) is 12.7. The molecule has 7 heteroatoms. The number of rotatable bonds is 6. The van der Waals surface area contributed by atoms with E-state index in [-0.39, 0.29) is 24.1 Å². The summed E-state index contributed by atoms with van der Waals surface area (Å²) in [7, 11) is 1.87. The molecule has 5 nitrogen and oxygen atoms in total. The Morgan fingerprint density at radius 2 is 1.91 bits per heavy atom. The van der Waals surface area contributed by atoms with Crippen LogP contribution in [0.15, 0.2) is 42.5 Å². The van der Waals surface area contributed by atoms with Crippen molar-refractivity contribution in [3.63, 3.8) is 0 Å². The van der Waals surface area contributed by atoms with E-state index in [0.29, 0.717) is 29.4 Å². The van der Waals surface area contributed by atoms with Crippen LogP contribution in [-0.4, -0.2) is 64.2 Å². The Morgan fingerprint density at radius 3 is 2.63 bits per heavy atom. The van der Waals surface area contributed by atoms with Crippen LogP contribution in [-0.2, 0) is 16.6 Å². The zero-order valence-electron chi connectivity index (χ0n) is 20.2. The third-order valence-corrected chi connectivity index (χ3v) is 9.34. The van der Waals surface area contributed by atoms with Gasteiger partial charge in [0.2, 0.25) is 5.91 Å². The lowest BCUT2D eigenvalue weighted by atomic mass is 9.55. The molecule has 3 fully saturated rings. The fraction of sp³-hybridized carbons (Fsp3) is 0.536. The number of hydrogen-bond donors (Lipinski definition) is 2. The highest BCUT2D eigenvalue weighted by molar-refractivity contribution is 6.42. The average Bonchev–Trinajstić information content (AvgIpc) is 3.64. The number of benzene rings is 2. The topological polar surface area (TPSA) is 64.0 Å². The second-order valence-corrected chi connectivity index (χ2v) is 11.7. The summed E-state index contributed by atoms with van der Waals surface area (Å²) in [4.78, 5) is 17.5. The number of piperidine rings is 1. The molecule has 2 aromatic rings. The Labute approximate surface area is 217 Å². The van der Waals surface area contributed by atoms with Crippen LogP contribution in [0.2, 0.25) is 10.0 Å². The number of phenols is 1. The first-order valence-electron chi connectivity index (χ1n) is 12.6. The van der Waals surface area contributed by atoms with Crippen molar-refractivity contribution in [2.75, 3.05) is 26.7 Å². The highest BCUT2D eigenvalue weighted by Crippen LogP contribution is 2.53. The Bertz CT molecular complexity index is 1110. The highest BCUT2D eigenvalue weighted by atomic mass is 35.5. The van der Waals surface area contributed by atoms with Crippen LogP contribution in [0.1, 0.15) is 49.7 Å². The molecule has 2 saturated carbocycles. The molecular weight excluding hydrogens is 483 g/mol. The molecule has 0 spiro atoms. The van der Waals surface area contributed by atoms with E-state index in [4.69, 9.17) is 23.2 Å². The van der Waals surface area contributed by atoms with E-state index in [1.165, 1.54) is 12.8 Å². The number of β-amino-alcohol motifs (C(OH)–C–C–N with tert-alkyl or cyclic N) is 1. The first kappa shape index (κ1) is 24.9. The number of carbonyl (C=O) groups is 1. The monoisotopic (exact) mass is 516 g/mol. The highest BCUT2D eigenvalue weighted by Gasteiger charge is 2.58. The van der Waals surface area contributed by atoms with Gasteiger partial charge in [-0.05, 0) is 86.4 Å². The van der Waals surface area contributed by atoms with Crippen molar-refractivity contribution in [2.45, 2.75) is 62.0 Å². The largest absolute Gasteiger partial charge is 0.508 e. The first-order chi connectivity index (χ1) is 16.7. The second-order valence-electron chi connectivity index (χ2n) is 10.9. The number of fused-ring (bicyclic) bond motifs is 1. The van der Waals surface area contributed by atoms with Crippen molar-refractivity contribution < 1.29 is 15.0 Å². The molecule has 1 saturated heterocycles. The maximum absolute atomic E-state index is 13.3. The second kappa shape index (κ2) is 9.59. The van der Waals surface area contributed by atoms with Crippen molar-refractivity contribution >= 4 is 29.1 Å². The SMILES string of the molecule is CN(C(=O)Cc1ccc(Cl)c(Cl)c1)C1CCC2(O)CN(CC3CC3)CCC2(c2cccc(O)c2)C1. The standard InChI is InChI=1S/C28H34Cl2N2O3/c1-31(26(34)14-20-7-8-24(29)25(30)13-20)22-9-10-28(35)18-32(17-19-5-6-19)12-11-27(28,16-22)21-3-2-4-23(33)15-21/h2-4,7-8,13,15,19,22,33,35H,5-6,9-12,14,16-18H2,1H3. The van der Waals surface area contributed by atoms with Gasteiger partial charge in [-0.1, -0.05) is 41.4 Å². The molecule has 1 amide bonds. The van der Waals surface area contributed by atoms with Gasteiger partial charge < -0.3 is 20.0 Å². The molecule has 0 aromatic heterocycles. The van der Waals surface area contributed by atoms with Gasteiger partial charge >= 0.3 is 0 Å². The van der Waals surface area contributed by atoms with Gasteiger partial charge in [-0.2, -0.15) is 0 Å². The van der Waals surface area contributed by atoms with Crippen LogP contribution in [0.3, 0.4) is 0 Å². The van der Waals surface area contributed by atoms with Crippen LogP contribution < -0.4 is 0 Å². The van der Waals surface area contributed by atoms with Crippen LogP contribution in [0, 0.1) is 5.92 Å². The molecule has 2 aromatic carbocycles. The van der Waals surface area contributed by atoms with E-state index in [0.717, 1.165) is 43.0 Å². The van der Waals surface area contributed by atoms with E-state index in [1.807, 2.05) is 30.1 Å². The van der Waals surface area contributed by atoms with Crippen molar-refractivity contribution in [3.05, 3.63) is 63.6 Å². The summed E-state index contributed by atoms with van der Waals surface area (Å²) in [6.07, 6.45) is 5.69. The lowest BCUT2D eigenvalue weighted by molar-refractivity contribution is -0.147. The predicted octanol–water partition coefficient (Wildman–Crippen LogP) is 5.04. The molecule has 3 aliphatic rings. The number of likely N-dealkylation sites (N-methyl/N-ethyl adjacent to an activating group) is 1. The number of halogens is 2. The average molecular weight is 517 g/mol. The van der Waals surface area contributed by atoms with Crippen LogP contribution in [0.4, 0.5) is 0 Å². The summed E-state index contributed by atoms with van der Waals surface area (Å²) < 4.78 is 0. The molecule has 2 N–H and O–H groups in total. The molecule has 1 aliphatic heterocycles. The van der Waals surface area contributed by atoms with E-state index >= 15 is 0 Å². The normalized spacial score (nSPS) is 29.0. The van der Waals surface area contributed by atoms with E-state index in [9.17, 15) is 15.0 Å². The molecule has 0 bridgehead atoms. The fourth-order valence-electron chi connectivity index (χ4n) is 6.34. The number of amides is 1. The van der Waals surface area contributed by atoms with Crippen molar-refractivity contribution in [2.24, 2.45) is 5.92 Å². The lowest BCUT2D eigenvalue weighted by Crippen LogP contribution is -2.67. The molecule has 0 radical (unpaired) electrons. The van der Waals surface area contributed by atoms with E-state index in [2.05, 4.69) is 4.90 Å². The number of nitrogens with zero attached hydrogens (tertiary/aromatic N) is 2. The smallest absolute Gasteiger partial charge is 0.226 e. The van der Waals surface area contributed by atoms with Crippen molar-refractivity contribution in [3.8, 4) is 5.75 Å². The number of hydrogen-bond acceptors (Lipinski definition) is 4. The van der Waals surface area contributed by atoms with Gasteiger partial charge in [-0.25, -0.2) is 0 Å². The molecule has 5 rings (SSSR count). The zero-order chi connectivity index (χ0) is 24.8. The minimum Gasteiger partial charge on any atom is -0.508 e. The van der Waals surface area contributed by atoms with Crippen LogP contribution in [0.25, 0.3) is 0 Å². The quantitative estimate of drug-likeness (QED) is 0.564. The molecular formula is C28H34Cl2N2O3. The van der Waals surface area contributed by atoms with Crippen molar-refractivity contribution in [1.29, 1.82) is 0 Å². The van der Waals surface area contributed by atoms with Gasteiger partial charge in [0.1, 0.15) is 5.75 Å². The van der Waals surface area contributed by atoms with Gasteiger partial charge in [0.05, 0.1) is 22.1 Å². The third-order valence-electron chi connectivity index (χ3n) is 8.60. The Kier molecular flexibility index (Phi) is 6.82. The molecule has 1 heterocycles. The molecule has 3 unspecified atom stereocenters. The zero-order valence-corrected chi connectivity index (χ0v) is 21.7. The molecule has 2 aliphatic carbocycles. The molecule has 188 valence electrons. The molecule has 3 atom stereocenters.